The van der Waals surface area contributed by atoms with Crippen LogP contribution >= 0.6 is 11.3 Å². The molecule has 0 saturated carbocycles. The lowest BCUT2D eigenvalue weighted by Gasteiger charge is -2.21. The third-order valence-corrected chi connectivity index (χ3v) is 7.64. The molecule has 134 valence electrons. The molecule has 25 heavy (non-hydrogen) atoms. The molecule has 2 heterocycles. The summed E-state index contributed by atoms with van der Waals surface area (Å²) in [6, 6.07) is 10.1. The van der Waals surface area contributed by atoms with E-state index in [0.29, 0.717) is 15.5 Å². The Bertz CT molecular complexity index is 807. The van der Waals surface area contributed by atoms with Gasteiger partial charge >= 0.3 is 0 Å². The van der Waals surface area contributed by atoms with Crippen LogP contribution < -0.4 is 4.31 Å². The van der Waals surface area contributed by atoms with Gasteiger partial charge in [-0.15, -0.1) is 11.3 Å². The zero-order valence-electron chi connectivity index (χ0n) is 14.2. The summed E-state index contributed by atoms with van der Waals surface area (Å²) in [6.07, 6.45) is 4.44. The molecule has 0 spiro atoms. The summed E-state index contributed by atoms with van der Waals surface area (Å²) in [6.45, 7) is 1.60. The lowest BCUT2D eigenvalue weighted by molar-refractivity contribution is 0.0761. The van der Waals surface area contributed by atoms with Crippen LogP contribution in [0.3, 0.4) is 0 Å². The van der Waals surface area contributed by atoms with E-state index < -0.39 is 10.0 Å². The zero-order chi connectivity index (χ0) is 17.9. The van der Waals surface area contributed by atoms with Crippen molar-refractivity contribution in [1.82, 2.24) is 4.90 Å². The van der Waals surface area contributed by atoms with Crippen molar-refractivity contribution in [2.75, 3.05) is 24.4 Å². The van der Waals surface area contributed by atoms with Crippen molar-refractivity contribution in [3.05, 3.63) is 47.3 Å². The van der Waals surface area contributed by atoms with E-state index in [-0.39, 0.29) is 5.91 Å². The third-order valence-electron chi connectivity index (χ3n) is 4.48. The Morgan fingerprint density at radius 1 is 1.04 bits per heavy atom. The molecule has 0 atom stereocenters. The number of sulfonamides is 1. The number of nitrogens with zero attached hydrogens (tertiary/aromatic N) is 2. The van der Waals surface area contributed by atoms with Crippen LogP contribution in [0, 0.1) is 0 Å². The lowest BCUT2D eigenvalue weighted by Crippen LogP contribution is -2.32. The van der Waals surface area contributed by atoms with Gasteiger partial charge in [-0.25, -0.2) is 8.42 Å². The summed E-state index contributed by atoms with van der Waals surface area (Å²) >= 11 is 1.19. The number of rotatable bonds is 4. The second-order valence-electron chi connectivity index (χ2n) is 6.16. The topological polar surface area (TPSA) is 57.7 Å². The maximum Gasteiger partial charge on any atom is 0.273 e. The third kappa shape index (κ3) is 3.88. The van der Waals surface area contributed by atoms with Crippen molar-refractivity contribution in [3.63, 3.8) is 0 Å². The number of likely N-dealkylation sites (tertiary alicyclic amines) is 1. The first-order valence-corrected chi connectivity index (χ1v) is 10.7. The molecular weight excluding hydrogens is 356 g/mol. The Kier molecular flexibility index (Phi) is 5.44. The Balaban J connectivity index is 1.76. The average Bonchev–Trinajstić information content (AvgIpc) is 3.05. The highest BCUT2D eigenvalue weighted by atomic mass is 32.2. The minimum absolute atomic E-state index is 0.0252. The first kappa shape index (κ1) is 17.9. The molecule has 5 nitrogen and oxygen atoms in total. The van der Waals surface area contributed by atoms with E-state index in [1.165, 1.54) is 35.5 Å². The summed E-state index contributed by atoms with van der Waals surface area (Å²) in [4.78, 5) is 14.5. The van der Waals surface area contributed by atoms with E-state index in [1.54, 1.807) is 41.8 Å². The van der Waals surface area contributed by atoms with E-state index >= 15 is 0 Å². The summed E-state index contributed by atoms with van der Waals surface area (Å²) in [5.41, 5.74) is 1.15. The highest BCUT2D eigenvalue weighted by molar-refractivity contribution is 7.94. The van der Waals surface area contributed by atoms with Gasteiger partial charge in [0.2, 0.25) is 0 Å². The van der Waals surface area contributed by atoms with E-state index in [2.05, 4.69) is 0 Å². The van der Waals surface area contributed by atoms with Gasteiger partial charge in [-0.3, -0.25) is 9.10 Å². The molecule has 0 radical (unpaired) electrons. The zero-order valence-corrected chi connectivity index (χ0v) is 15.9. The molecule has 1 aliphatic rings. The fourth-order valence-electron chi connectivity index (χ4n) is 2.95. The number of hydrogen-bond donors (Lipinski definition) is 0. The van der Waals surface area contributed by atoms with Gasteiger partial charge in [0.1, 0.15) is 4.21 Å². The largest absolute Gasteiger partial charge is 0.339 e. The predicted octanol–water partition coefficient (Wildman–Crippen LogP) is 3.59. The Hall–Kier alpha value is -1.86. The van der Waals surface area contributed by atoms with Gasteiger partial charge in [0.05, 0.1) is 5.69 Å². The van der Waals surface area contributed by atoms with Gasteiger partial charge in [-0.1, -0.05) is 18.9 Å². The number of thiophene rings is 1. The number of hydrogen-bond acceptors (Lipinski definition) is 4. The molecular formula is C18H22N2O3S2. The van der Waals surface area contributed by atoms with Crippen molar-refractivity contribution in [1.29, 1.82) is 0 Å². The SMILES string of the molecule is CN(c1ccc(C(=O)N2CCCCCC2)cc1)S(=O)(=O)c1cccs1. The molecule has 0 unspecified atom stereocenters. The van der Waals surface area contributed by atoms with Gasteiger partial charge in [0.15, 0.2) is 0 Å². The van der Waals surface area contributed by atoms with Crippen LogP contribution in [0.25, 0.3) is 0 Å². The van der Waals surface area contributed by atoms with E-state index in [1.807, 2.05) is 4.90 Å². The highest BCUT2D eigenvalue weighted by Gasteiger charge is 2.23. The highest BCUT2D eigenvalue weighted by Crippen LogP contribution is 2.25. The van der Waals surface area contributed by atoms with Crippen LogP contribution in [0.1, 0.15) is 36.0 Å². The molecule has 1 aromatic carbocycles. The van der Waals surface area contributed by atoms with Gasteiger partial charge in [0.25, 0.3) is 15.9 Å². The quantitative estimate of drug-likeness (QED) is 0.817. The van der Waals surface area contributed by atoms with E-state index in [0.717, 1.165) is 25.9 Å². The second-order valence-corrected chi connectivity index (χ2v) is 9.30. The van der Waals surface area contributed by atoms with Gasteiger partial charge < -0.3 is 4.90 Å². The van der Waals surface area contributed by atoms with Crippen LogP contribution in [0.5, 0.6) is 0 Å². The van der Waals surface area contributed by atoms with Crippen molar-refractivity contribution in [3.8, 4) is 0 Å². The number of carbonyl (C=O) groups is 1. The van der Waals surface area contributed by atoms with Crippen LogP contribution in [0.2, 0.25) is 0 Å². The normalized spacial score (nSPS) is 15.6. The lowest BCUT2D eigenvalue weighted by atomic mass is 10.1. The van der Waals surface area contributed by atoms with Crippen molar-refractivity contribution in [2.24, 2.45) is 0 Å². The number of amides is 1. The molecule has 1 aliphatic heterocycles. The van der Waals surface area contributed by atoms with E-state index in [9.17, 15) is 13.2 Å². The molecule has 0 aliphatic carbocycles. The molecule has 2 aromatic rings. The summed E-state index contributed by atoms with van der Waals surface area (Å²) in [5, 5.41) is 1.74. The molecule has 1 fully saturated rings. The Morgan fingerprint density at radius 3 is 2.24 bits per heavy atom. The number of benzene rings is 1. The monoisotopic (exact) mass is 378 g/mol. The molecule has 0 N–H and O–H groups in total. The first-order chi connectivity index (χ1) is 12.0. The fourth-order valence-corrected chi connectivity index (χ4v) is 5.31. The Morgan fingerprint density at radius 2 is 1.68 bits per heavy atom. The predicted molar refractivity (Wildman–Crippen MR) is 101 cm³/mol. The van der Waals surface area contributed by atoms with Crippen LogP contribution in [0.4, 0.5) is 5.69 Å². The summed E-state index contributed by atoms with van der Waals surface area (Å²) in [7, 11) is -2.02. The minimum atomic E-state index is -3.55. The van der Waals surface area contributed by atoms with E-state index in [4.69, 9.17) is 0 Å². The summed E-state index contributed by atoms with van der Waals surface area (Å²) in [5.74, 6) is 0.0252. The van der Waals surface area contributed by atoms with Crippen molar-refractivity contribution >= 4 is 33.0 Å². The molecule has 1 saturated heterocycles. The van der Waals surface area contributed by atoms with Gasteiger partial charge in [-0.05, 0) is 48.6 Å². The van der Waals surface area contributed by atoms with Crippen molar-refractivity contribution < 1.29 is 13.2 Å². The Labute approximate surface area is 152 Å². The number of anilines is 1. The molecule has 0 bridgehead atoms. The molecule has 1 amide bonds. The van der Waals surface area contributed by atoms with Crippen molar-refractivity contribution in [2.45, 2.75) is 29.9 Å². The standard InChI is InChI=1S/C18H22N2O3S2/c1-19(25(22,23)17-7-6-14-24-17)16-10-8-15(9-11-16)18(21)20-12-4-2-3-5-13-20/h6-11,14H,2-5,12-13H2,1H3. The van der Waals surface area contributed by atoms with Crippen LogP contribution in [-0.2, 0) is 10.0 Å². The molecule has 1 aromatic heterocycles. The molecule has 7 heteroatoms. The fraction of sp³-hybridized carbons (Fsp3) is 0.389. The molecule has 3 rings (SSSR count). The van der Waals surface area contributed by atoms with Gasteiger partial charge in [-0.2, -0.15) is 0 Å². The first-order valence-electron chi connectivity index (χ1n) is 8.42. The maximum absolute atomic E-state index is 12.6. The van der Waals surface area contributed by atoms with Crippen LogP contribution in [0.15, 0.2) is 46.0 Å². The average molecular weight is 379 g/mol. The van der Waals surface area contributed by atoms with Gasteiger partial charge in [0, 0.05) is 25.7 Å². The minimum Gasteiger partial charge on any atom is -0.339 e. The maximum atomic E-state index is 12.6. The second kappa shape index (κ2) is 7.58. The number of carbonyl (C=O) groups excluding carboxylic acids is 1. The van der Waals surface area contributed by atoms with Crippen LogP contribution in [-0.4, -0.2) is 39.4 Å². The smallest absolute Gasteiger partial charge is 0.273 e. The summed E-state index contributed by atoms with van der Waals surface area (Å²) < 4.78 is 26.7.